The first-order chi connectivity index (χ1) is 15.7. The predicted molar refractivity (Wildman–Crippen MR) is 130 cm³/mol. The first kappa shape index (κ1) is 24.8. The fourth-order valence-electron chi connectivity index (χ4n) is 3.46. The van der Waals surface area contributed by atoms with Crippen molar-refractivity contribution in [1.82, 2.24) is 9.62 Å². The van der Waals surface area contributed by atoms with E-state index in [1.807, 2.05) is 49.4 Å². The predicted octanol–water partition coefficient (Wildman–Crippen LogP) is 4.73. The first-order valence-corrected chi connectivity index (χ1v) is 12.3. The van der Waals surface area contributed by atoms with Gasteiger partial charge in [-0.15, -0.1) is 0 Å². The lowest BCUT2D eigenvalue weighted by atomic mass is 10.1. The van der Waals surface area contributed by atoms with Crippen molar-refractivity contribution < 1.29 is 17.9 Å². The van der Waals surface area contributed by atoms with Gasteiger partial charge in [0.2, 0.25) is 15.9 Å². The van der Waals surface area contributed by atoms with E-state index >= 15 is 0 Å². The van der Waals surface area contributed by atoms with Crippen LogP contribution in [0.25, 0.3) is 0 Å². The molecule has 1 N–H and O–H groups in total. The number of benzene rings is 3. The summed E-state index contributed by atoms with van der Waals surface area (Å²) in [6.07, 6.45) is 0. The maximum atomic E-state index is 13.5. The van der Waals surface area contributed by atoms with Crippen molar-refractivity contribution in [2.45, 2.75) is 31.3 Å². The zero-order valence-corrected chi connectivity index (χ0v) is 20.4. The van der Waals surface area contributed by atoms with Gasteiger partial charge in [0.25, 0.3) is 0 Å². The van der Waals surface area contributed by atoms with E-state index in [4.69, 9.17) is 16.3 Å². The number of nitrogens with one attached hydrogen (secondary N) is 1. The zero-order valence-electron chi connectivity index (χ0n) is 18.8. The van der Waals surface area contributed by atoms with Crippen LogP contribution in [0.5, 0.6) is 5.75 Å². The van der Waals surface area contributed by atoms with Crippen molar-refractivity contribution in [1.29, 1.82) is 0 Å². The molecular formula is C25H27ClN2O4S. The highest BCUT2D eigenvalue weighted by Crippen LogP contribution is 2.25. The van der Waals surface area contributed by atoms with Crippen LogP contribution >= 0.6 is 11.6 Å². The van der Waals surface area contributed by atoms with Gasteiger partial charge < -0.3 is 10.1 Å². The van der Waals surface area contributed by atoms with Gasteiger partial charge in [-0.3, -0.25) is 4.79 Å². The molecule has 33 heavy (non-hydrogen) atoms. The zero-order chi connectivity index (χ0) is 24.0. The Labute approximate surface area is 200 Å². The molecule has 3 aromatic carbocycles. The normalized spacial score (nSPS) is 12.4. The molecule has 0 saturated heterocycles. The Balaban J connectivity index is 1.85. The van der Waals surface area contributed by atoms with Crippen LogP contribution in [0.3, 0.4) is 0 Å². The highest BCUT2D eigenvalue weighted by atomic mass is 35.5. The third-order valence-electron chi connectivity index (χ3n) is 5.27. The smallest absolute Gasteiger partial charge is 0.243 e. The molecule has 0 aliphatic heterocycles. The van der Waals surface area contributed by atoms with Crippen LogP contribution in [0.1, 0.15) is 29.7 Å². The number of nitrogens with zero attached hydrogens (tertiary/aromatic N) is 1. The Bertz CT molecular complexity index is 1200. The number of aryl methyl sites for hydroxylation is 1. The van der Waals surface area contributed by atoms with Gasteiger partial charge >= 0.3 is 0 Å². The van der Waals surface area contributed by atoms with Crippen molar-refractivity contribution in [2.75, 3.05) is 13.7 Å². The van der Waals surface area contributed by atoms with Crippen molar-refractivity contribution in [3.05, 3.63) is 94.5 Å². The minimum Gasteiger partial charge on any atom is -0.496 e. The lowest BCUT2D eigenvalue weighted by Gasteiger charge is -2.24. The second kappa shape index (κ2) is 10.8. The van der Waals surface area contributed by atoms with Gasteiger partial charge in [0.1, 0.15) is 5.75 Å². The van der Waals surface area contributed by atoms with Crippen molar-refractivity contribution in [3.8, 4) is 5.75 Å². The Morgan fingerprint density at radius 1 is 1.06 bits per heavy atom. The van der Waals surface area contributed by atoms with Gasteiger partial charge in [-0.1, -0.05) is 54.1 Å². The van der Waals surface area contributed by atoms with Crippen LogP contribution in [-0.2, 0) is 21.4 Å². The highest BCUT2D eigenvalue weighted by molar-refractivity contribution is 7.89. The molecule has 0 heterocycles. The Morgan fingerprint density at radius 2 is 1.73 bits per heavy atom. The monoisotopic (exact) mass is 486 g/mol. The van der Waals surface area contributed by atoms with Crippen molar-refractivity contribution in [2.24, 2.45) is 0 Å². The summed E-state index contributed by atoms with van der Waals surface area (Å²) < 4.78 is 33.4. The molecule has 0 fully saturated rings. The maximum Gasteiger partial charge on any atom is 0.243 e. The fraction of sp³-hybridized carbons (Fsp3) is 0.240. The summed E-state index contributed by atoms with van der Waals surface area (Å²) in [6, 6.07) is 20.7. The SMILES string of the molecule is COc1ccc(S(=O)(=O)N(CC(=O)N[C@H](C)c2ccc(Cl)cc2)Cc2ccccc2)cc1C. The van der Waals surface area contributed by atoms with Crippen LogP contribution in [0.4, 0.5) is 0 Å². The van der Waals surface area contributed by atoms with Crippen LogP contribution in [0.15, 0.2) is 77.7 Å². The molecule has 0 unspecified atom stereocenters. The second-order valence-electron chi connectivity index (χ2n) is 7.73. The molecule has 8 heteroatoms. The molecule has 3 rings (SSSR count). The maximum absolute atomic E-state index is 13.5. The Morgan fingerprint density at radius 3 is 2.33 bits per heavy atom. The number of carbonyl (C=O) groups excluding carboxylic acids is 1. The van der Waals surface area contributed by atoms with Crippen LogP contribution in [0, 0.1) is 6.92 Å². The molecule has 0 saturated carbocycles. The van der Waals surface area contributed by atoms with E-state index < -0.39 is 15.9 Å². The number of amides is 1. The minimum absolute atomic E-state index is 0.0665. The number of methoxy groups -OCH3 is 1. The number of ether oxygens (including phenoxy) is 1. The number of carbonyl (C=O) groups is 1. The summed E-state index contributed by atoms with van der Waals surface area (Å²) >= 11 is 5.94. The van der Waals surface area contributed by atoms with Gasteiger partial charge in [0.15, 0.2) is 0 Å². The molecule has 174 valence electrons. The largest absolute Gasteiger partial charge is 0.496 e. The molecule has 1 atom stereocenters. The Kier molecular flexibility index (Phi) is 8.13. The number of hydrogen-bond acceptors (Lipinski definition) is 4. The molecule has 0 aliphatic rings. The number of sulfonamides is 1. The third kappa shape index (κ3) is 6.35. The summed E-state index contributed by atoms with van der Waals surface area (Å²) in [5.41, 5.74) is 2.35. The van der Waals surface area contributed by atoms with Gasteiger partial charge in [-0.2, -0.15) is 4.31 Å². The average Bonchev–Trinajstić information content (AvgIpc) is 2.79. The van der Waals surface area contributed by atoms with Crippen LogP contribution < -0.4 is 10.1 Å². The third-order valence-corrected chi connectivity index (χ3v) is 7.31. The van der Waals surface area contributed by atoms with E-state index in [9.17, 15) is 13.2 Å². The molecule has 0 aromatic heterocycles. The summed E-state index contributed by atoms with van der Waals surface area (Å²) in [5, 5.41) is 3.48. The summed E-state index contributed by atoms with van der Waals surface area (Å²) in [7, 11) is -2.42. The van der Waals surface area contributed by atoms with Crippen LogP contribution in [-0.4, -0.2) is 32.3 Å². The van der Waals surface area contributed by atoms with Crippen LogP contribution in [0.2, 0.25) is 5.02 Å². The van der Waals surface area contributed by atoms with E-state index in [0.717, 1.165) is 11.1 Å². The quantitative estimate of drug-likeness (QED) is 0.474. The fourth-order valence-corrected chi connectivity index (χ4v) is 5.05. The first-order valence-electron chi connectivity index (χ1n) is 10.4. The van der Waals surface area contributed by atoms with Gasteiger partial charge in [0, 0.05) is 11.6 Å². The molecule has 0 spiro atoms. The molecule has 6 nitrogen and oxygen atoms in total. The summed E-state index contributed by atoms with van der Waals surface area (Å²) in [4.78, 5) is 13.0. The van der Waals surface area contributed by atoms with Gasteiger partial charge in [-0.25, -0.2) is 8.42 Å². The van der Waals surface area contributed by atoms with E-state index in [1.54, 1.807) is 31.2 Å². The standard InChI is InChI=1S/C25H27ClN2O4S/c1-18-15-23(13-14-24(18)32-3)33(30,31)28(16-20-7-5-4-6-8-20)17-25(29)27-19(2)21-9-11-22(26)12-10-21/h4-15,19H,16-17H2,1-3H3,(H,27,29)/t19-/m1/s1. The van der Waals surface area contributed by atoms with E-state index in [1.165, 1.54) is 17.5 Å². The average molecular weight is 487 g/mol. The number of hydrogen-bond donors (Lipinski definition) is 1. The van der Waals surface area contributed by atoms with Gasteiger partial charge in [-0.05, 0) is 60.9 Å². The molecule has 0 aliphatic carbocycles. The Hall–Kier alpha value is -2.87. The van der Waals surface area contributed by atoms with Gasteiger partial charge in [0.05, 0.1) is 24.6 Å². The number of halogens is 1. The molecule has 3 aromatic rings. The molecule has 0 bridgehead atoms. The lowest BCUT2D eigenvalue weighted by molar-refractivity contribution is -0.122. The highest BCUT2D eigenvalue weighted by Gasteiger charge is 2.28. The molecule has 0 radical (unpaired) electrons. The van der Waals surface area contributed by atoms with E-state index in [0.29, 0.717) is 16.3 Å². The molecule has 1 amide bonds. The number of rotatable bonds is 9. The molecular weight excluding hydrogens is 460 g/mol. The van der Waals surface area contributed by atoms with E-state index in [2.05, 4.69) is 5.32 Å². The summed E-state index contributed by atoms with van der Waals surface area (Å²) in [6.45, 7) is 3.36. The van der Waals surface area contributed by atoms with Crippen molar-refractivity contribution in [3.63, 3.8) is 0 Å². The second-order valence-corrected chi connectivity index (χ2v) is 10.1. The minimum atomic E-state index is -3.95. The van der Waals surface area contributed by atoms with E-state index in [-0.39, 0.29) is 24.0 Å². The summed E-state index contributed by atoms with van der Waals surface area (Å²) in [5.74, 6) is 0.195. The topological polar surface area (TPSA) is 75.7 Å². The lowest BCUT2D eigenvalue weighted by Crippen LogP contribution is -2.41. The van der Waals surface area contributed by atoms with Crippen molar-refractivity contribution >= 4 is 27.5 Å².